The van der Waals surface area contributed by atoms with Gasteiger partial charge in [-0.05, 0) is 35.1 Å². The molecule has 1 heterocycles. The maximum atomic E-state index is 12.5. The first-order valence-corrected chi connectivity index (χ1v) is 9.43. The quantitative estimate of drug-likeness (QED) is 0.824. The van der Waals surface area contributed by atoms with Crippen LogP contribution in [0, 0.1) is 5.92 Å². The average Bonchev–Trinajstić information content (AvgIpc) is 3.05. The van der Waals surface area contributed by atoms with Gasteiger partial charge in [-0.1, -0.05) is 48.5 Å². The third-order valence-electron chi connectivity index (χ3n) is 5.67. The molecule has 1 fully saturated rings. The number of ether oxygens (including phenoxy) is 1. The summed E-state index contributed by atoms with van der Waals surface area (Å²) in [5.74, 6) is -2.69. The van der Waals surface area contributed by atoms with E-state index in [-0.39, 0.29) is 12.5 Å². The molecular formula is C22H21NO5. The zero-order chi connectivity index (χ0) is 19.7. The van der Waals surface area contributed by atoms with E-state index in [1.165, 1.54) is 11.1 Å². The Morgan fingerprint density at radius 1 is 0.929 bits per heavy atom. The molecule has 6 heteroatoms. The van der Waals surface area contributed by atoms with Crippen molar-refractivity contribution < 1.29 is 24.2 Å². The van der Waals surface area contributed by atoms with Gasteiger partial charge in [-0.15, -0.1) is 0 Å². The van der Waals surface area contributed by atoms with Gasteiger partial charge < -0.3 is 14.7 Å². The van der Waals surface area contributed by atoms with Crippen molar-refractivity contribution in [3.8, 4) is 11.1 Å². The van der Waals surface area contributed by atoms with Crippen molar-refractivity contribution in [1.29, 1.82) is 0 Å². The highest BCUT2D eigenvalue weighted by molar-refractivity contribution is 6.33. The maximum Gasteiger partial charge on any atom is 0.409 e. The third kappa shape index (κ3) is 3.26. The minimum absolute atomic E-state index is 0.00229. The molecule has 1 saturated heterocycles. The summed E-state index contributed by atoms with van der Waals surface area (Å²) in [7, 11) is 0. The number of Topliss-reactive ketones (excluding diaryl/α,β-unsaturated/α-hetero) is 1. The number of piperidine rings is 1. The molecule has 144 valence electrons. The van der Waals surface area contributed by atoms with Gasteiger partial charge in [0.15, 0.2) is 0 Å². The lowest BCUT2D eigenvalue weighted by molar-refractivity contribution is -0.151. The molecule has 1 aliphatic carbocycles. The number of fused-ring (bicyclic) bond motifs is 3. The molecule has 0 saturated carbocycles. The summed E-state index contributed by atoms with van der Waals surface area (Å²) >= 11 is 0. The molecule has 1 N–H and O–H groups in total. The molecule has 1 aliphatic heterocycles. The van der Waals surface area contributed by atoms with E-state index in [4.69, 9.17) is 9.84 Å². The van der Waals surface area contributed by atoms with Crippen LogP contribution in [0.25, 0.3) is 11.1 Å². The Labute approximate surface area is 162 Å². The van der Waals surface area contributed by atoms with Crippen molar-refractivity contribution in [3.05, 3.63) is 59.7 Å². The number of amides is 1. The topological polar surface area (TPSA) is 83.9 Å². The SMILES string of the molecule is O=C(O)C(=O)C1CCN(C(=O)OCC2c3ccccc3-c3ccccc32)CC1. The van der Waals surface area contributed by atoms with Crippen molar-refractivity contribution in [1.82, 2.24) is 4.90 Å². The number of aliphatic carboxylic acids is 1. The van der Waals surface area contributed by atoms with Gasteiger partial charge in [0, 0.05) is 24.9 Å². The van der Waals surface area contributed by atoms with E-state index in [0.29, 0.717) is 25.9 Å². The van der Waals surface area contributed by atoms with Crippen LogP contribution in [0.5, 0.6) is 0 Å². The monoisotopic (exact) mass is 379 g/mol. The van der Waals surface area contributed by atoms with Crippen LogP contribution in [0.4, 0.5) is 4.79 Å². The Balaban J connectivity index is 1.40. The largest absolute Gasteiger partial charge is 0.475 e. The third-order valence-corrected chi connectivity index (χ3v) is 5.67. The second kappa shape index (κ2) is 7.46. The van der Waals surface area contributed by atoms with Crippen LogP contribution in [0.1, 0.15) is 29.9 Å². The second-order valence-electron chi connectivity index (χ2n) is 7.23. The van der Waals surface area contributed by atoms with Crippen molar-refractivity contribution in [2.45, 2.75) is 18.8 Å². The highest BCUT2D eigenvalue weighted by Gasteiger charge is 2.33. The summed E-state index contributed by atoms with van der Waals surface area (Å²) in [5, 5.41) is 8.82. The minimum Gasteiger partial charge on any atom is -0.475 e. The van der Waals surface area contributed by atoms with E-state index in [1.54, 1.807) is 4.90 Å². The number of carboxylic acids is 1. The lowest BCUT2D eigenvalue weighted by Crippen LogP contribution is -2.42. The van der Waals surface area contributed by atoms with Crippen LogP contribution in [-0.4, -0.2) is 47.5 Å². The fraction of sp³-hybridized carbons (Fsp3) is 0.318. The molecular weight excluding hydrogens is 358 g/mol. The summed E-state index contributed by atoms with van der Waals surface area (Å²) in [4.78, 5) is 36.4. The van der Waals surface area contributed by atoms with Crippen LogP contribution < -0.4 is 0 Å². The van der Waals surface area contributed by atoms with E-state index in [9.17, 15) is 14.4 Å². The van der Waals surface area contributed by atoms with Gasteiger partial charge in [-0.25, -0.2) is 9.59 Å². The first-order chi connectivity index (χ1) is 13.6. The summed E-state index contributed by atoms with van der Waals surface area (Å²) in [6, 6.07) is 16.3. The van der Waals surface area contributed by atoms with E-state index in [1.807, 2.05) is 24.3 Å². The number of carbonyl (C=O) groups is 3. The summed E-state index contributed by atoms with van der Waals surface area (Å²) in [5.41, 5.74) is 4.66. The molecule has 0 bridgehead atoms. The zero-order valence-electron chi connectivity index (χ0n) is 15.3. The van der Waals surface area contributed by atoms with E-state index >= 15 is 0 Å². The second-order valence-corrected chi connectivity index (χ2v) is 7.23. The molecule has 0 unspecified atom stereocenters. The van der Waals surface area contributed by atoms with E-state index in [2.05, 4.69) is 24.3 Å². The Morgan fingerprint density at radius 2 is 1.46 bits per heavy atom. The molecule has 2 aliphatic rings. The van der Waals surface area contributed by atoms with Gasteiger partial charge in [0.05, 0.1) is 0 Å². The Hall–Kier alpha value is -3.15. The standard InChI is InChI=1S/C22H21NO5/c24-20(21(25)26)14-9-11-23(12-10-14)22(27)28-13-19-17-7-3-1-5-15(17)16-6-2-4-8-18(16)19/h1-8,14,19H,9-13H2,(H,25,26). The zero-order valence-corrected chi connectivity index (χ0v) is 15.3. The van der Waals surface area contributed by atoms with Gasteiger partial charge in [0.1, 0.15) is 6.61 Å². The summed E-state index contributed by atoms with van der Waals surface area (Å²) in [6.07, 6.45) is 0.299. The average molecular weight is 379 g/mol. The van der Waals surface area contributed by atoms with Gasteiger partial charge in [-0.2, -0.15) is 0 Å². The van der Waals surface area contributed by atoms with Gasteiger partial charge in [0.2, 0.25) is 5.78 Å². The number of carbonyl (C=O) groups excluding carboxylic acids is 2. The fourth-order valence-electron chi connectivity index (χ4n) is 4.18. The van der Waals surface area contributed by atoms with Crippen molar-refractivity contribution >= 4 is 17.8 Å². The van der Waals surface area contributed by atoms with Crippen LogP contribution in [-0.2, 0) is 14.3 Å². The highest BCUT2D eigenvalue weighted by atomic mass is 16.6. The van der Waals surface area contributed by atoms with Crippen LogP contribution >= 0.6 is 0 Å². The minimum atomic E-state index is -1.40. The Kier molecular flexibility index (Phi) is 4.86. The first kappa shape index (κ1) is 18.2. The number of likely N-dealkylation sites (tertiary alicyclic amines) is 1. The lowest BCUT2D eigenvalue weighted by Gasteiger charge is -2.30. The fourth-order valence-corrected chi connectivity index (χ4v) is 4.18. The van der Waals surface area contributed by atoms with Crippen molar-refractivity contribution in [2.24, 2.45) is 5.92 Å². The van der Waals surface area contributed by atoms with Gasteiger partial charge in [-0.3, -0.25) is 4.79 Å². The predicted octanol–water partition coefficient (Wildman–Crippen LogP) is 3.30. The van der Waals surface area contributed by atoms with Crippen LogP contribution in [0.2, 0.25) is 0 Å². The van der Waals surface area contributed by atoms with Crippen molar-refractivity contribution in [2.75, 3.05) is 19.7 Å². The molecule has 2 aromatic carbocycles. The smallest absolute Gasteiger partial charge is 0.409 e. The van der Waals surface area contributed by atoms with Gasteiger partial charge in [0.25, 0.3) is 0 Å². The Bertz CT molecular complexity index is 885. The molecule has 4 rings (SSSR count). The number of hydrogen-bond acceptors (Lipinski definition) is 4. The summed E-state index contributed by atoms with van der Waals surface area (Å²) in [6.45, 7) is 0.918. The predicted molar refractivity (Wildman–Crippen MR) is 102 cm³/mol. The van der Waals surface area contributed by atoms with Crippen LogP contribution in [0.15, 0.2) is 48.5 Å². The number of carboxylic acid groups (broad SMARTS) is 1. The Morgan fingerprint density at radius 3 is 2.00 bits per heavy atom. The molecule has 0 aromatic heterocycles. The normalized spacial score (nSPS) is 16.4. The molecule has 2 aromatic rings. The van der Waals surface area contributed by atoms with Gasteiger partial charge >= 0.3 is 12.1 Å². The van der Waals surface area contributed by atoms with Crippen LogP contribution in [0.3, 0.4) is 0 Å². The lowest BCUT2D eigenvalue weighted by atomic mass is 9.93. The number of benzene rings is 2. The molecule has 0 radical (unpaired) electrons. The van der Waals surface area contributed by atoms with Crippen molar-refractivity contribution in [3.63, 3.8) is 0 Å². The number of rotatable bonds is 4. The molecule has 6 nitrogen and oxygen atoms in total. The summed E-state index contributed by atoms with van der Waals surface area (Å²) < 4.78 is 5.61. The molecule has 28 heavy (non-hydrogen) atoms. The van der Waals surface area contributed by atoms with E-state index < -0.39 is 23.8 Å². The molecule has 0 spiro atoms. The maximum absolute atomic E-state index is 12.5. The number of ketones is 1. The first-order valence-electron chi connectivity index (χ1n) is 9.43. The van der Waals surface area contributed by atoms with E-state index in [0.717, 1.165) is 11.1 Å². The number of nitrogens with zero attached hydrogens (tertiary/aromatic N) is 1. The highest BCUT2D eigenvalue weighted by Crippen LogP contribution is 2.44. The molecule has 1 amide bonds. The number of hydrogen-bond donors (Lipinski definition) is 1. The molecule has 0 atom stereocenters.